The van der Waals surface area contributed by atoms with Gasteiger partial charge >= 0.3 is 11.9 Å². The standard InChI is InChI=1S/C16H24N2O7/c19-5-1-2-6-25-16(24)12-8-14(21)18(10-12)4-3-17-9-11(15(22)23)7-13(17)20/h11-12,19H,1-10H2,(H,22,23). The van der Waals surface area contributed by atoms with Crippen LogP contribution in [0.1, 0.15) is 25.7 Å². The van der Waals surface area contributed by atoms with Gasteiger partial charge in [-0.2, -0.15) is 0 Å². The second kappa shape index (κ2) is 8.80. The first-order valence-corrected chi connectivity index (χ1v) is 8.48. The fraction of sp³-hybridized carbons (Fsp3) is 0.750. The molecular formula is C16H24N2O7. The third-order valence-corrected chi connectivity index (χ3v) is 4.55. The van der Waals surface area contributed by atoms with Crippen LogP contribution >= 0.6 is 0 Å². The van der Waals surface area contributed by atoms with E-state index in [-0.39, 0.29) is 64.0 Å². The van der Waals surface area contributed by atoms with Gasteiger partial charge in [-0.05, 0) is 12.8 Å². The first kappa shape index (κ1) is 19.2. The SMILES string of the molecule is O=C(O)C1CC(=O)N(CCN2CC(C(=O)OCCCCO)CC2=O)C1. The number of carbonyl (C=O) groups excluding carboxylic acids is 3. The molecule has 0 radical (unpaired) electrons. The summed E-state index contributed by atoms with van der Waals surface area (Å²) in [5, 5.41) is 17.6. The number of hydrogen-bond donors (Lipinski definition) is 2. The van der Waals surface area contributed by atoms with E-state index < -0.39 is 23.8 Å². The number of amides is 2. The van der Waals surface area contributed by atoms with E-state index in [1.807, 2.05) is 0 Å². The zero-order valence-corrected chi connectivity index (χ0v) is 14.1. The van der Waals surface area contributed by atoms with Crippen LogP contribution in [0.2, 0.25) is 0 Å². The molecule has 9 heteroatoms. The lowest BCUT2D eigenvalue weighted by molar-refractivity contribution is -0.148. The van der Waals surface area contributed by atoms with Crippen LogP contribution in [0.3, 0.4) is 0 Å². The molecule has 140 valence electrons. The number of esters is 1. The highest BCUT2D eigenvalue weighted by Gasteiger charge is 2.37. The van der Waals surface area contributed by atoms with E-state index in [0.717, 1.165) is 0 Å². The lowest BCUT2D eigenvalue weighted by Crippen LogP contribution is -2.37. The maximum absolute atomic E-state index is 12.0. The van der Waals surface area contributed by atoms with Crippen LogP contribution in [0.4, 0.5) is 0 Å². The van der Waals surface area contributed by atoms with E-state index in [9.17, 15) is 19.2 Å². The highest BCUT2D eigenvalue weighted by molar-refractivity contribution is 5.87. The molecule has 0 aromatic carbocycles. The van der Waals surface area contributed by atoms with Gasteiger partial charge in [0, 0.05) is 45.6 Å². The lowest BCUT2D eigenvalue weighted by Gasteiger charge is -2.21. The summed E-state index contributed by atoms with van der Waals surface area (Å²) >= 11 is 0. The summed E-state index contributed by atoms with van der Waals surface area (Å²) in [6.45, 7) is 1.24. The van der Waals surface area contributed by atoms with Gasteiger partial charge in [0.25, 0.3) is 0 Å². The summed E-state index contributed by atoms with van der Waals surface area (Å²) in [5.74, 6) is -3.00. The quantitative estimate of drug-likeness (QED) is 0.404. The van der Waals surface area contributed by atoms with Crippen molar-refractivity contribution in [3.8, 4) is 0 Å². The number of aliphatic carboxylic acids is 1. The second-order valence-corrected chi connectivity index (χ2v) is 6.42. The van der Waals surface area contributed by atoms with Gasteiger partial charge in [0.1, 0.15) is 0 Å². The molecule has 2 unspecified atom stereocenters. The molecule has 2 N–H and O–H groups in total. The zero-order valence-electron chi connectivity index (χ0n) is 14.1. The van der Waals surface area contributed by atoms with Crippen molar-refractivity contribution in [1.82, 2.24) is 9.80 Å². The summed E-state index contributed by atoms with van der Waals surface area (Å²) < 4.78 is 5.10. The monoisotopic (exact) mass is 356 g/mol. The molecule has 0 saturated carbocycles. The Morgan fingerprint density at radius 3 is 2.08 bits per heavy atom. The van der Waals surface area contributed by atoms with Crippen molar-refractivity contribution in [3.05, 3.63) is 0 Å². The zero-order chi connectivity index (χ0) is 18.4. The van der Waals surface area contributed by atoms with Crippen LogP contribution in [0.15, 0.2) is 0 Å². The van der Waals surface area contributed by atoms with Crippen LogP contribution in [-0.4, -0.2) is 83.2 Å². The van der Waals surface area contributed by atoms with Gasteiger partial charge in [-0.25, -0.2) is 0 Å². The maximum atomic E-state index is 12.0. The van der Waals surface area contributed by atoms with E-state index >= 15 is 0 Å². The molecule has 2 aliphatic rings. The van der Waals surface area contributed by atoms with Gasteiger partial charge in [-0.3, -0.25) is 19.2 Å². The normalized spacial score (nSPS) is 23.4. The molecule has 0 aromatic rings. The van der Waals surface area contributed by atoms with Crippen LogP contribution in [0, 0.1) is 11.8 Å². The van der Waals surface area contributed by atoms with Crippen LogP contribution < -0.4 is 0 Å². The number of carboxylic acids is 1. The number of unbranched alkanes of at least 4 members (excludes halogenated alkanes) is 1. The fourth-order valence-electron chi connectivity index (χ4n) is 3.05. The molecule has 9 nitrogen and oxygen atoms in total. The van der Waals surface area contributed by atoms with Crippen LogP contribution in [-0.2, 0) is 23.9 Å². The first-order valence-electron chi connectivity index (χ1n) is 8.48. The van der Waals surface area contributed by atoms with Gasteiger partial charge in [-0.15, -0.1) is 0 Å². The molecule has 2 rings (SSSR count). The van der Waals surface area contributed by atoms with E-state index in [0.29, 0.717) is 12.8 Å². The van der Waals surface area contributed by atoms with Crippen LogP contribution in [0.25, 0.3) is 0 Å². The predicted molar refractivity (Wildman–Crippen MR) is 84.3 cm³/mol. The van der Waals surface area contributed by atoms with Crippen molar-refractivity contribution in [2.75, 3.05) is 39.4 Å². The van der Waals surface area contributed by atoms with E-state index in [1.54, 1.807) is 0 Å². The van der Waals surface area contributed by atoms with Crippen molar-refractivity contribution in [1.29, 1.82) is 0 Å². The number of nitrogens with zero attached hydrogens (tertiary/aromatic N) is 2. The van der Waals surface area contributed by atoms with E-state index in [2.05, 4.69) is 0 Å². The summed E-state index contributed by atoms with van der Waals surface area (Å²) in [7, 11) is 0. The van der Waals surface area contributed by atoms with Gasteiger partial charge < -0.3 is 24.7 Å². The van der Waals surface area contributed by atoms with E-state index in [4.69, 9.17) is 14.9 Å². The minimum absolute atomic E-state index is 0.00787. The Hall–Kier alpha value is -2.16. The van der Waals surface area contributed by atoms with Crippen molar-refractivity contribution in [2.24, 2.45) is 11.8 Å². The summed E-state index contributed by atoms with van der Waals surface area (Å²) in [6.07, 6.45) is 1.22. The largest absolute Gasteiger partial charge is 0.481 e. The van der Waals surface area contributed by atoms with Crippen LogP contribution in [0.5, 0.6) is 0 Å². The highest BCUT2D eigenvalue weighted by atomic mass is 16.5. The van der Waals surface area contributed by atoms with E-state index in [1.165, 1.54) is 9.80 Å². The average molecular weight is 356 g/mol. The summed E-state index contributed by atoms with van der Waals surface area (Å²) in [6, 6.07) is 0. The van der Waals surface area contributed by atoms with Gasteiger partial charge in [0.2, 0.25) is 11.8 Å². The molecule has 2 atom stereocenters. The molecule has 0 spiro atoms. The van der Waals surface area contributed by atoms with Crippen molar-refractivity contribution in [3.63, 3.8) is 0 Å². The molecule has 0 aliphatic carbocycles. The topological polar surface area (TPSA) is 124 Å². The number of likely N-dealkylation sites (tertiary alicyclic amines) is 2. The molecule has 2 fully saturated rings. The Morgan fingerprint density at radius 2 is 1.56 bits per heavy atom. The Labute approximate surface area is 145 Å². The van der Waals surface area contributed by atoms with Gasteiger partial charge in [0.05, 0.1) is 18.4 Å². The predicted octanol–water partition coefficient (Wildman–Crippen LogP) is -0.916. The summed E-state index contributed by atoms with van der Waals surface area (Å²) in [5.41, 5.74) is 0. The number of hydrogen-bond acceptors (Lipinski definition) is 6. The number of aliphatic hydroxyl groups is 1. The molecule has 25 heavy (non-hydrogen) atoms. The number of carboxylic acid groups (broad SMARTS) is 1. The fourth-order valence-corrected chi connectivity index (χ4v) is 3.05. The third kappa shape index (κ3) is 5.15. The number of ether oxygens (including phenoxy) is 1. The minimum Gasteiger partial charge on any atom is -0.481 e. The molecule has 0 bridgehead atoms. The Kier molecular flexibility index (Phi) is 6.74. The van der Waals surface area contributed by atoms with Crippen molar-refractivity contribution in [2.45, 2.75) is 25.7 Å². The van der Waals surface area contributed by atoms with Crippen molar-refractivity contribution >= 4 is 23.8 Å². The smallest absolute Gasteiger partial charge is 0.311 e. The summed E-state index contributed by atoms with van der Waals surface area (Å²) in [4.78, 5) is 49.6. The Bertz CT molecular complexity index is 537. The first-order chi connectivity index (χ1) is 11.9. The maximum Gasteiger partial charge on any atom is 0.311 e. The number of carbonyl (C=O) groups is 4. The minimum atomic E-state index is -0.989. The van der Waals surface area contributed by atoms with Gasteiger partial charge in [-0.1, -0.05) is 0 Å². The third-order valence-electron chi connectivity index (χ3n) is 4.55. The Morgan fingerprint density at radius 1 is 1.00 bits per heavy atom. The molecule has 2 aliphatic heterocycles. The van der Waals surface area contributed by atoms with Crippen molar-refractivity contribution < 1.29 is 34.1 Å². The lowest BCUT2D eigenvalue weighted by atomic mass is 10.1. The average Bonchev–Trinajstić information content (AvgIpc) is 3.12. The molecule has 2 amide bonds. The number of aliphatic hydroxyl groups excluding tert-OH is 1. The second-order valence-electron chi connectivity index (χ2n) is 6.42. The molecule has 2 saturated heterocycles. The molecule has 2 heterocycles. The number of rotatable bonds is 9. The molecule has 0 aromatic heterocycles. The highest BCUT2D eigenvalue weighted by Crippen LogP contribution is 2.21. The Balaban J connectivity index is 1.74. The van der Waals surface area contributed by atoms with Gasteiger partial charge in [0.15, 0.2) is 0 Å². The molecular weight excluding hydrogens is 332 g/mol.